The van der Waals surface area contributed by atoms with E-state index < -0.39 is 24.2 Å². The molecular formula is C9H4BrF5N2O. The zero-order chi connectivity index (χ0) is 13.9. The lowest BCUT2D eigenvalue weighted by Crippen LogP contribution is -2.19. The zero-order valence-electron chi connectivity index (χ0n) is 8.43. The highest BCUT2D eigenvalue weighted by Crippen LogP contribution is 2.34. The van der Waals surface area contributed by atoms with E-state index in [2.05, 4.69) is 25.7 Å². The summed E-state index contributed by atoms with van der Waals surface area (Å²) in [5.41, 5.74) is -0.955. The second-order valence-corrected chi connectivity index (χ2v) is 3.77. The number of rotatable bonds is 3. The first-order valence-electron chi connectivity index (χ1n) is 4.34. The molecule has 0 amide bonds. The molecule has 0 bridgehead atoms. The average molecular weight is 331 g/mol. The predicted octanol–water partition coefficient (Wildman–Crippen LogP) is 3.75. The topological polar surface area (TPSA) is 45.9 Å². The number of hydrogen-bond acceptors (Lipinski definition) is 3. The van der Waals surface area contributed by atoms with Gasteiger partial charge in [0.05, 0.1) is 18.1 Å². The van der Waals surface area contributed by atoms with Crippen LogP contribution in [0, 0.1) is 11.3 Å². The highest BCUT2D eigenvalue weighted by atomic mass is 79.9. The number of nitriles is 1. The van der Waals surface area contributed by atoms with Crippen LogP contribution >= 0.6 is 15.9 Å². The summed E-state index contributed by atoms with van der Waals surface area (Å²) in [6.45, 7) is 0. The van der Waals surface area contributed by atoms with E-state index in [1.54, 1.807) is 6.07 Å². The van der Waals surface area contributed by atoms with E-state index in [0.29, 0.717) is 0 Å². The molecule has 0 radical (unpaired) electrons. The summed E-state index contributed by atoms with van der Waals surface area (Å²) in [4.78, 5) is 3.24. The second-order valence-electron chi connectivity index (χ2n) is 3.02. The van der Waals surface area contributed by atoms with E-state index in [4.69, 9.17) is 5.26 Å². The molecule has 0 saturated heterocycles. The first-order chi connectivity index (χ1) is 8.24. The molecule has 1 aromatic rings. The molecule has 1 aromatic heterocycles. The van der Waals surface area contributed by atoms with Crippen molar-refractivity contribution >= 4 is 15.9 Å². The summed E-state index contributed by atoms with van der Waals surface area (Å²) in [6.07, 6.45) is -8.58. The second kappa shape index (κ2) is 5.48. The van der Waals surface area contributed by atoms with Crippen LogP contribution in [0.1, 0.15) is 17.6 Å². The van der Waals surface area contributed by atoms with Gasteiger partial charge in [-0.15, -0.1) is 13.2 Å². The molecule has 98 valence electrons. The Kier molecular flexibility index (Phi) is 4.45. The molecule has 3 nitrogen and oxygen atoms in total. The summed E-state index contributed by atoms with van der Waals surface area (Å²) in [5.74, 6) is -1.23. The molecule has 0 spiro atoms. The smallest absolute Gasteiger partial charge is 0.387 e. The number of hydrogen-bond donors (Lipinski definition) is 0. The van der Waals surface area contributed by atoms with Crippen molar-refractivity contribution in [1.29, 1.82) is 5.26 Å². The third kappa shape index (κ3) is 3.80. The Morgan fingerprint density at radius 3 is 2.50 bits per heavy atom. The molecule has 1 heterocycles. The minimum Gasteiger partial charge on any atom is -0.387 e. The van der Waals surface area contributed by atoms with E-state index in [1.807, 2.05) is 0 Å². The lowest BCUT2D eigenvalue weighted by atomic mass is 10.1. The number of ether oxygens (including phenoxy) is 1. The molecule has 0 aliphatic carbocycles. The molecule has 0 aliphatic rings. The van der Waals surface area contributed by atoms with Crippen molar-refractivity contribution < 1.29 is 26.7 Å². The van der Waals surface area contributed by atoms with Gasteiger partial charge in [-0.25, -0.2) is 13.8 Å². The van der Waals surface area contributed by atoms with Crippen LogP contribution in [0.3, 0.4) is 0 Å². The zero-order valence-corrected chi connectivity index (χ0v) is 10.0. The van der Waals surface area contributed by atoms with E-state index in [0.717, 1.165) is 6.07 Å². The summed E-state index contributed by atoms with van der Waals surface area (Å²) in [6, 6.07) is 2.44. The summed E-state index contributed by atoms with van der Waals surface area (Å²) in [5, 5.41) is 8.43. The molecule has 0 saturated carbocycles. The monoisotopic (exact) mass is 330 g/mol. The van der Waals surface area contributed by atoms with E-state index in [1.165, 1.54) is 0 Å². The van der Waals surface area contributed by atoms with Gasteiger partial charge in [-0.3, -0.25) is 0 Å². The SMILES string of the molecule is N#CCc1cc(C(F)F)c(OC(F)(F)F)nc1Br. The van der Waals surface area contributed by atoms with Crippen LogP contribution in [-0.4, -0.2) is 11.3 Å². The summed E-state index contributed by atoms with van der Waals surface area (Å²) < 4.78 is 64.4. The lowest BCUT2D eigenvalue weighted by Gasteiger charge is -2.13. The Balaban J connectivity index is 3.25. The van der Waals surface area contributed by atoms with Gasteiger partial charge in [0.15, 0.2) is 0 Å². The minimum atomic E-state index is -5.12. The quantitative estimate of drug-likeness (QED) is 0.626. The fourth-order valence-corrected chi connectivity index (χ4v) is 1.51. The van der Waals surface area contributed by atoms with Gasteiger partial charge in [0.25, 0.3) is 6.43 Å². The van der Waals surface area contributed by atoms with Gasteiger partial charge in [0, 0.05) is 0 Å². The third-order valence-corrected chi connectivity index (χ3v) is 2.44. The van der Waals surface area contributed by atoms with Gasteiger partial charge in [-0.05, 0) is 27.6 Å². The van der Waals surface area contributed by atoms with E-state index in [9.17, 15) is 22.0 Å². The molecule has 1 rings (SSSR count). The van der Waals surface area contributed by atoms with Crippen LogP contribution in [0.4, 0.5) is 22.0 Å². The maximum absolute atomic E-state index is 12.6. The molecule has 0 fully saturated rings. The Morgan fingerprint density at radius 2 is 2.06 bits per heavy atom. The van der Waals surface area contributed by atoms with Crippen LogP contribution in [0.5, 0.6) is 5.88 Å². The number of nitrogens with zero attached hydrogens (tertiary/aromatic N) is 2. The largest absolute Gasteiger partial charge is 0.574 e. The Labute approximate surface area is 106 Å². The minimum absolute atomic E-state index is 0.0577. The van der Waals surface area contributed by atoms with Crippen LogP contribution in [0.15, 0.2) is 10.7 Å². The molecule has 0 N–H and O–H groups in total. The van der Waals surface area contributed by atoms with Gasteiger partial charge in [0.1, 0.15) is 4.60 Å². The highest BCUT2D eigenvalue weighted by Gasteiger charge is 2.34. The van der Waals surface area contributed by atoms with Gasteiger partial charge < -0.3 is 4.74 Å². The van der Waals surface area contributed by atoms with Crippen molar-refractivity contribution in [2.45, 2.75) is 19.2 Å². The van der Waals surface area contributed by atoms with Crippen molar-refractivity contribution in [1.82, 2.24) is 4.98 Å². The summed E-state index contributed by atoms with van der Waals surface area (Å²) in [7, 11) is 0. The van der Waals surface area contributed by atoms with Gasteiger partial charge in [-0.1, -0.05) is 0 Å². The first kappa shape index (κ1) is 14.6. The maximum atomic E-state index is 12.6. The maximum Gasteiger partial charge on any atom is 0.574 e. The fraction of sp³-hybridized carbons (Fsp3) is 0.333. The van der Waals surface area contributed by atoms with Crippen molar-refractivity contribution in [3.8, 4) is 11.9 Å². The third-order valence-electron chi connectivity index (χ3n) is 1.76. The van der Waals surface area contributed by atoms with Crippen molar-refractivity contribution in [3.63, 3.8) is 0 Å². The average Bonchev–Trinajstić information content (AvgIpc) is 2.19. The van der Waals surface area contributed by atoms with Crippen molar-refractivity contribution in [3.05, 3.63) is 21.8 Å². The van der Waals surface area contributed by atoms with Crippen molar-refractivity contribution in [2.75, 3.05) is 0 Å². The standard InChI is InChI=1S/C9H4BrF5N2O/c10-6-4(1-2-16)3-5(7(11)12)8(17-6)18-9(13,14)15/h3,7H,1H2. The Morgan fingerprint density at radius 1 is 1.44 bits per heavy atom. The predicted molar refractivity (Wildman–Crippen MR) is 52.9 cm³/mol. The Bertz CT molecular complexity index is 483. The molecule has 9 heteroatoms. The molecule has 0 unspecified atom stereocenters. The van der Waals surface area contributed by atoms with Gasteiger partial charge in [0.2, 0.25) is 5.88 Å². The van der Waals surface area contributed by atoms with E-state index >= 15 is 0 Å². The van der Waals surface area contributed by atoms with Crippen LogP contribution in [-0.2, 0) is 6.42 Å². The summed E-state index contributed by atoms with van der Waals surface area (Å²) >= 11 is 2.78. The number of halogens is 6. The molecule has 0 atom stereocenters. The number of alkyl halides is 5. The normalized spacial score (nSPS) is 11.4. The van der Waals surface area contributed by atoms with E-state index in [-0.39, 0.29) is 16.6 Å². The van der Waals surface area contributed by atoms with Gasteiger partial charge in [-0.2, -0.15) is 5.26 Å². The fourth-order valence-electron chi connectivity index (χ4n) is 1.09. The number of aromatic nitrogens is 1. The van der Waals surface area contributed by atoms with Crippen molar-refractivity contribution in [2.24, 2.45) is 0 Å². The highest BCUT2D eigenvalue weighted by molar-refractivity contribution is 9.10. The van der Waals surface area contributed by atoms with Crippen LogP contribution in [0.2, 0.25) is 0 Å². The van der Waals surface area contributed by atoms with Gasteiger partial charge >= 0.3 is 6.36 Å². The van der Waals surface area contributed by atoms with Crippen LogP contribution in [0.25, 0.3) is 0 Å². The Hall–Kier alpha value is -1.43. The number of pyridine rings is 1. The lowest BCUT2D eigenvalue weighted by molar-refractivity contribution is -0.276. The molecule has 0 aromatic carbocycles. The first-order valence-corrected chi connectivity index (χ1v) is 5.14. The molecular weight excluding hydrogens is 327 g/mol. The molecule has 0 aliphatic heterocycles. The van der Waals surface area contributed by atoms with Crippen LogP contribution < -0.4 is 4.74 Å². The molecule has 18 heavy (non-hydrogen) atoms.